The molecule has 0 spiro atoms. The van der Waals surface area contributed by atoms with Gasteiger partial charge in [-0.05, 0) is 34.2 Å². The van der Waals surface area contributed by atoms with Crippen molar-refractivity contribution in [3.05, 3.63) is 83.9 Å². The summed E-state index contributed by atoms with van der Waals surface area (Å²) in [6.07, 6.45) is 1.07. The minimum Gasteiger partial charge on any atom is -0.0921 e. The molecule has 100 valence electrons. The predicted octanol–water partition coefficient (Wildman–Crippen LogP) is 5.56. The molecule has 1 unspecified atom stereocenters. The summed E-state index contributed by atoms with van der Waals surface area (Å²) in [5.74, 6) is 0.516. The molecule has 1 heteroatoms. The van der Waals surface area contributed by atoms with Gasteiger partial charge in [-0.3, -0.25) is 0 Å². The Kier molecular flexibility index (Phi) is 4.17. The SMILES string of the molecule is BrCC(Cc1cccc2ccccc12)c1ccccc1. The third-order valence-electron chi connectivity index (χ3n) is 3.80. The Morgan fingerprint density at radius 3 is 2.25 bits per heavy atom. The fraction of sp³-hybridized carbons (Fsp3) is 0.158. The number of hydrogen-bond donors (Lipinski definition) is 0. The van der Waals surface area contributed by atoms with Gasteiger partial charge in [0.15, 0.2) is 0 Å². The average Bonchev–Trinajstić information content (AvgIpc) is 2.53. The number of hydrogen-bond acceptors (Lipinski definition) is 0. The van der Waals surface area contributed by atoms with E-state index in [1.54, 1.807) is 0 Å². The molecule has 1 atom stereocenters. The lowest BCUT2D eigenvalue weighted by atomic mass is 9.91. The van der Waals surface area contributed by atoms with Crippen LogP contribution < -0.4 is 0 Å². The molecule has 0 bridgehead atoms. The number of fused-ring (bicyclic) bond motifs is 1. The molecular weight excluding hydrogens is 308 g/mol. The Morgan fingerprint density at radius 2 is 1.45 bits per heavy atom. The molecule has 3 aromatic carbocycles. The van der Waals surface area contributed by atoms with Crippen molar-refractivity contribution in [2.75, 3.05) is 5.33 Å². The van der Waals surface area contributed by atoms with E-state index in [1.165, 1.54) is 21.9 Å². The first kappa shape index (κ1) is 13.4. The van der Waals surface area contributed by atoms with Gasteiger partial charge in [-0.1, -0.05) is 88.7 Å². The molecule has 0 saturated carbocycles. The van der Waals surface area contributed by atoms with E-state index in [9.17, 15) is 0 Å². The van der Waals surface area contributed by atoms with Crippen LogP contribution in [0.4, 0.5) is 0 Å². The zero-order valence-corrected chi connectivity index (χ0v) is 12.9. The topological polar surface area (TPSA) is 0 Å². The molecule has 3 rings (SSSR count). The lowest BCUT2D eigenvalue weighted by molar-refractivity contribution is 0.780. The molecule has 0 heterocycles. The standard InChI is InChI=1S/C19H17Br/c20-14-18(15-7-2-1-3-8-15)13-17-11-6-10-16-9-4-5-12-19(16)17/h1-12,18H,13-14H2. The van der Waals surface area contributed by atoms with E-state index in [2.05, 4.69) is 88.7 Å². The zero-order valence-electron chi connectivity index (χ0n) is 11.3. The van der Waals surface area contributed by atoms with E-state index in [-0.39, 0.29) is 0 Å². The highest BCUT2D eigenvalue weighted by molar-refractivity contribution is 9.09. The minimum atomic E-state index is 0.516. The summed E-state index contributed by atoms with van der Waals surface area (Å²) in [5.41, 5.74) is 2.83. The fourth-order valence-corrected chi connectivity index (χ4v) is 3.33. The molecular formula is C19H17Br. The molecule has 0 amide bonds. The van der Waals surface area contributed by atoms with Gasteiger partial charge in [-0.2, -0.15) is 0 Å². The first-order valence-corrected chi connectivity index (χ1v) is 8.08. The monoisotopic (exact) mass is 324 g/mol. The third kappa shape index (κ3) is 2.78. The van der Waals surface area contributed by atoms with Crippen molar-refractivity contribution in [1.82, 2.24) is 0 Å². The molecule has 0 N–H and O–H groups in total. The Bertz CT molecular complexity index is 683. The van der Waals surface area contributed by atoms with Crippen LogP contribution in [0.15, 0.2) is 72.8 Å². The number of halogens is 1. The predicted molar refractivity (Wildman–Crippen MR) is 90.6 cm³/mol. The van der Waals surface area contributed by atoms with Gasteiger partial charge in [0.1, 0.15) is 0 Å². The van der Waals surface area contributed by atoms with Crippen molar-refractivity contribution >= 4 is 26.7 Å². The minimum absolute atomic E-state index is 0.516. The maximum atomic E-state index is 3.67. The quantitative estimate of drug-likeness (QED) is 0.551. The molecule has 0 aliphatic heterocycles. The van der Waals surface area contributed by atoms with Gasteiger partial charge in [0, 0.05) is 5.33 Å². The lowest BCUT2D eigenvalue weighted by Gasteiger charge is -2.16. The van der Waals surface area contributed by atoms with E-state index < -0.39 is 0 Å². The molecule has 3 aromatic rings. The van der Waals surface area contributed by atoms with Crippen LogP contribution in [0.3, 0.4) is 0 Å². The Balaban J connectivity index is 1.96. The highest BCUT2D eigenvalue weighted by Crippen LogP contribution is 2.27. The largest absolute Gasteiger partial charge is 0.0921 e. The second-order valence-corrected chi connectivity index (χ2v) is 5.75. The molecule has 0 aliphatic rings. The lowest BCUT2D eigenvalue weighted by Crippen LogP contribution is -2.04. The Morgan fingerprint density at radius 1 is 0.750 bits per heavy atom. The van der Waals surface area contributed by atoms with Crippen molar-refractivity contribution in [2.45, 2.75) is 12.3 Å². The van der Waals surface area contributed by atoms with Crippen LogP contribution in [-0.2, 0) is 6.42 Å². The Hall–Kier alpha value is -1.60. The first-order valence-electron chi connectivity index (χ1n) is 6.96. The van der Waals surface area contributed by atoms with Crippen LogP contribution >= 0.6 is 15.9 Å². The normalized spacial score (nSPS) is 12.4. The van der Waals surface area contributed by atoms with Crippen LogP contribution in [-0.4, -0.2) is 5.33 Å². The van der Waals surface area contributed by atoms with Crippen LogP contribution in [0.25, 0.3) is 10.8 Å². The van der Waals surface area contributed by atoms with E-state index in [0.29, 0.717) is 5.92 Å². The summed E-state index contributed by atoms with van der Waals surface area (Å²) >= 11 is 3.67. The second-order valence-electron chi connectivity index (χ2n) is 5.10. The third-order valence-corrected chi connectivity index (χ3v) is 4.59. The average molecular weight is 325 g/mol. The second kappa shape index (κ2) is 6.23. The van der Waals surface area contributed by atoms with Crippen LogP contribution in [0.1, 0.15) is 17.0 Å². The first-order chi connectivity index (χ1) is 9.88. The van der Waals surface area contributed by atoms with Gasteiger partial charge < -0.3 is 0 Å². The summed E-state index contributed by atoms with van der Waals surface area (Å²) in [5, 5.41) is 3.68. The van der Waals surface area contributed by atoms with Gasteiger partial charge in [-0.15, -0.1) is 0 Å². The summed E-state index contributed by atoms with van der Waals surface area (Å²) < 4.78 is 0. The Labute approximate surface area is 128 Å². The summed E-state index contributed by atoms with van der Waals surface area (Å²) in [6.45, 7) is 0. The zero-order chi connectivity index (χ0) is 13.8. The summed E-state index contributed by atoms with van der Waals surface area (Å²) in [4.78, 5) is 0. The van der Waals surface area contributed by atoms with Gasteiger partial charge in [0.25, 0.3) is 0 Å². The van der Waals surface area contributed by atoms with E-state index in [1.807, 2.05) is 0 Å². The van der Waals surface area contributed by atoms with Crippen LogP contribution in [0, 0.1) is 0 Å². The maximum Gasteiger partial charge on any atom is 0.0103 e. The molecule has 0 aliphatic carbocycles. The highest BCUT2D eigenvalue weighted by atomic mass is 79.9. The molecule has 20 heavy (non-hydrogen) atoms. The van der Waals surface area contributed by atoms with Crippen molar-refractivity contribution in [2.24, 2.45) is 0 Å². The molecule has 0 fully saturated rings. The van der Waals surface area contributed by atoms with Gasteiger partial charge >= 0.3 is 0 Å². The van der Waals surface area contributed by atoms with Gasteiger partial charge in [0.05, 0.1) is 0 Å². The number of alkyl halides is 1. The summed E-state index contributed by atoms with van der Waals surface area (Å²) in [6, 6.07) is 26.0. The number of rotatable bonds is 4. The smallest absolute Gasteiger partial charge is 0.0103 e. The van der Waals surface area contributed by atoms with Crippen molar-refractivity contribution in [3.63, 3.8) is 0 Å². The van der Waals surface area contributed by atoms with Gasteiger partial charge in [0.2, 0.25) is 0 Å². The van der Waals surface area contributed by atoms with Crippen molar-refractivity contribution in [1.29, 1.82) is 0 Å². The molecule has 0 aromatic heterocycles. The maximum absolute atomic E-state index is 3.67. The van der Waals surface area contributed by atoms with Crippen LogP contribution in [0.5, 0.6) is 0 Å². The summed E-state index contributed by atoms with van der Waals surface area (Å²) in [7, 11) is 0. The van der Waals surface area contributed by atoms with Crippen molar-refractivity contribution < 1.29 is 0 Å². The van der Waals surface area contributed by atoms with E-state index in [0.717, 1.165) is 11.8 Å². The van der Waals surface area contributed by atoms with Crippen LogP contribution in [0.2, 0.25) is 0 Å². The highest BCUT2D eigenvalue weighted by Gasteiger charge is 2.12. The number of benzene rings is 3. The van der Waals surface area contributed by atoms with E-state index >= 15 is 0 Å². The molecule has 0 radical (unpaired) electrons. The fourth-order valence-electron chi connectivity index (χ4n) is 2.72. The van der Waals surface area contributed by atoms with Crippen molar-refractivity contribution in [3.8, 4) is 0 Å². The molecule has 0 nitrogen and oxygen atoms in total. The molecule has 0 saturated heterocycles. The van der Waals surface area contributed by atoms with E-state index in [4.69, 9.17) is 0 Å². The van der Waals surface area contributed by atoms with Gasteiger partial charge in [-0.25, -0.2) is 0 Å².